The summed E-state index contributed by atoms with van der Waals surface area (Å²) in [5.41, 5.74) is 2.97. The number of benzene rings is 1. The highest BCUT2D eigenvalue weighted by molar-refractivity contribution is 5.96. The van der Waals surface area contributed by atoms with Crippen molar-refractivity contribution in [3.05, 3.63) is 70.7 Å². The first-order valence-electron chi connectivity index (χ1n) is 9.04. The molecule has 0 saturated carbocycles. The van der Waals surface area contributed by atoms with E-state index in [1.54, 1.807) is 19.1 Å². The number of carboxylic acid groups (broad SMARTS) is 1. The summed E-state index contributed by atoms with van der Waals surface area (Å²) < 4.78 is 6.96. The van der Waals surface area contributed by atoms with E-state index in [0.717, 1.165) is 17.0 Å². The Morgan fingerprint density at radius 3 is 2.50 bits per heavy atom. The second kappa shape index (κ2) is 8.12. The topological polar surface area (TPSA) is 97.4 Å². The Morgan fingerprint density at radius 2 is 1.89 bits per heavy atom. The Balaban J connectivity index is 1.73. The van der Waals surface area contributed by atoms with Crippen LogP contribution in [0.15, 0.2) is 47.0 Å². The largest absolute Gasteiger partial charge is 0.481 e. The number of aromatic nitrogens is 2. The molecule has 7 nitrogen and oxygen atoms in total. The fourth-order valence-corrected chi connectivity index (χ4v) is 3.26. The lowest BCUT2D eigenvalue weighted by atomic mass is 9.99. The van der Waals surface area contributed by atoms with E-state index in [9.17, 15) is 14.7 Å². The summed E-state index contributed by atoms with van der Waals surface area (Å²) in [4.78, 5) is 24.3. The first kappa shape index (κ1) is 19.4. The highest BCUT2D eigenvalue weighted by Crippen LogP contribution is 2.21. The van der Waals surface area contributed by atoms with Crippen LogP contribution in [0, 0.1) is 26.7 Å². The average molecular weight is 381 g/mol. The minimum absolute atomic E-state index is 0.0514. The number of amides is 1. The molecule has 0 aliphatic carbocycles. The van der Waals surface area contributed by atoms with Crippen LogP contribution in [0.1, 0.15) is 33.1 Å². The number of hydrogen-bond donors (Lipinski definition) is 2. The van der Waals surface area contributed by atoms with Crippen LogP contribution in [0.25, 0.3) is 5.82 Å². The first-order valence-corrected chi connectivity index (χ1v) is 9.04. The predicted molar refractivity (Wildman–Crippen MR) is 104 cm³/mol. The fraction of sp³-hybridized carbons (Fsp3) is 0.286. The van der Waals surface area contributed by atoms with Gasteiger partial charge in [0.15, 0.2) is 5.82 Å². The van der Waals surface area contributed by atoms with Crippen LogP contribution in [0.5, 0.6) is 0 Å². The molecular weight excluding hydrogens is 358 g/mol. The van der Waals surface area contributed by atoms with Gasteiger partial charge in [-0.15, -0.1) is 0 Å². The summed E-state index contributed by atoms with van der Waals surface area (Å²) in [6.45, 7) is 5.56. The lowest BCUT2D eigenvalue weighted by molar-refractivity contribution is -0.141. The number of nitrogens with zero attached hydrogens (tertiary/aromatic N) is 2. The third-order valence-corrected chi connectivity index (χ3v) is 4.70. The highest BCUT2D eigenvalue weighted by atomic mass is 16.5. The average Bonchev–Trinajstić information content (AvgIpc) is 3.21. The molecule has 7 heteroatoms. The number of rotatable bonds is 7. The van der Waals surface area contributed by atoms with Crippen LogP contribution in [-0.2, 0) is 11.2 Å². The third kappa shape index (κ3) is 4.14. The number of aryl methyl sites for hydroxylation is 2. The van der Waals surface area contributed by atoms with Crippen molar-refractivity contribution in [1.29, 1.82) is 0 Å². The van der Waals surface area contributed by atoms with E-state index in [1.807, 2.05) is 48.7 Å². The van der Waals surface area contributed by atoms with Crippen molar-refractivity contribution >= 4 is 11.9 Å². The number of aliphatic carboxylic acids is 1. The number of carboxylic acids is 1. The van der Waals surface area contributed by atoms with E-state index >= 15 is 0 Å². The quantitative estimate of drug-likeness (QED) is 0.655. The van der Waals surface area contributed by atoms with Crippen molar-refractivity contribution in [2.24, 2.45) is 5.92 Å². The van der Waals surface area contributed by atoms with Crippen LogP contribution in [0.4, 0.5) is 0 Å². The first-order chi connectivity index (χ1) is 13.4. The highest BCUT2D eigenvalue weighted by Gasteiger charge is 2.22. The Labute approximate surface area is 163 Å². The van der Waals surface area contributed by atoms with E-state index in [1.165, 1.54) is 0 Å². The zero-order valence-electron chi connectivity index (χ0n) is 16.1. The van der Waals surface area contributed by atoms with Gasteiger partial charge < -0.3 is 14.9 Å². The summed E-state index contributed by atoms with van der Waals surface area (Å²) in [7, 11) is 0. The van der Waals surface area contributed by atoms with Gasteiger partial charge in [0.2, 0.25) is 0 Å². The van der Waals surface area contributed by atoms with Gasteiger partial charge in [-0.25, -0.2) is 0 Å². The van der Waals surface area contributed by atoms with Gasteiger partial charge in [-0.2, -0.15) is 0 Å². The van der Waals surface area contributed by atoms with E-state index in [0.29, 0.717) is 23.6 Å². The zero-order chi connectivity index (χ0) is 20.3. The molecule has 2 aromatic heterocycles. The van der Waals surface area contributed by atoms with E-state index in [-0.39, 0.29) is 12.5 Å². The van der Waals surface area contributed by atoms with Crippen molar-refractivity contribution < 1.29 is 19.2 Å². The molecule has 146 valence electrons. The van der Waals surface area contributed by atoms with Gasteiger partial charge >= 0.3 is 5.97 Å². The van der Waals surface area contributed by atoms with Crippen molar-refractivity contribution in [1.82, 2.24) is 15.0 Å². The van der Waals surface area contributed by atoms with Crippen molar-refractivity contribution in [3.63, 3.8) is 0 Å². The molecule has 1 aromatic carbocycles. The van der Waals surface area contributed by atoms with Gasteiger partial charge in [-0.05, 0) is 38.8 Å². The van der Waals surface area contributed by atoms with Gasteiger partial charge in [-0.3, -0.25) is 14.2 Å². The number of nitrogens with one attached hydrogen (secondary N) is 1. The predicted octanol–water partition coefficient (Wildman–Crippen LogP) is 3.06. The van der Waals surface area contributed by atoms with Crippen molar-refractivity contribution in [2.45, 2.75) is 27.2 Å². The van der Waals surface area contributed by atoms with Gasteiger partial charge in [0.05, 0.1) is 11.5 Å². The maximum Gasteiger partial charge on any atom is 0.308 e. The lowest BCUT2D eigenvalue weighted by Crippen LogP contribution is -2.34. The van der Waals surface area contributed by atoms with Crippen molar-refractivity contribution in [3.8, 4) is 5.82 Å². The Hall–Kier alpha value is -3.35. The van der Waals surface area contributed by atoms with Gasteiger partial charge in [0.25, 0.3) is 5.91 Å². The molecule has 28 heavy (non-hydrogen) atoms. The number of carbonyl (C=O) groups is 2. The number of carbonyl (C=O) groups excluding carboxylic acids is 1. The normalized spacial score (nSPS) is 12.0. The molecule has 0 radical (unpaired) electrons. The molecule has 0 aliphatic heterocycles. The van der Waals surface area contributed by atoms with Crippen LogP contribution >= 0.6 is 0 Å². The second-order valence-corrected chi connectivity index (χ2v) is 6.85. The number of hydrogen-bond acceptors (Lipinski definition) is 4. The maximum absolute atomic E-state index is 12.7. The Kier molecular flexibility index (Phi) is 5.63. The third-order valence-electron chi connectivity index (χ3n) is 4.70. The minimum atomic E-state index is -0.937. The SMILES string of the molecule is Cc1cc(-n2c(C)cc(C(=O)NCC(Cc3ccccc3)C(=O)O)c2C)no1. The van der Waals surface area contributed by atoms with Crippen LogP contribution in [0.2, 0.25) is 0 Å². The maximum atomic E-state index is 12.7. The molecule has 0 saturated heterocycles. The Bertz CT molecular complexity index is 989. The molecule has 3 aromatic rings. The molecule has 0 aliphatic rings. The zero-order valence-corrected chi connectivity index (χ0v) is 16.1. The smallest absolute Gasteiger partial charge is 0.308 e. The van der Waals surface area contributed by atoms with E-state index in [2.05, 4.69) is 10.5 Å². The molecule has 0 fully saturated rings. The summed E-state index contributed by atoms with van der Waals surface area (Å²) in [5.74, 6) is -0.655. The van der Waals surface area contributed by atoms with E-state index < -0.39 is 11.9 Å². The molecule has 0 bridgehead atoms. The van der Waals surface area contributed by atoms with Crippen LogP contribution in [-0.4, -0.2) is 33.3 Å². The molecule has 1 atom stereocenters. The molecule has 1 amide bonds. The fourth-order valence-electron chi connectivity index (χ4n) is 3.26. The summed E-state index contributed by atoms with van der Waals surface area (Å²) in [6.07, 6.45) is 0.355. The Morgan fingerprint density at radius 1 is 1.18 bits per heavy atom. The molecule has 2 N–H and O–H groups in total. The van der Waals surface area contributed by atoms with Crippen LogP contribution in [0.3, 0.4) is 0 Å². The molecule has 0 spiro atoms. The summed E-state index contributed by atoms with van der Waals surface area (Å²) in [6, 6.07) is 12.9. The van der Waals surface area contributed by atoms with Crippen LogP contribution < -0.4 is 5.32 Å². The van der Waals surface area contributed by atoms with E-state index in [4.69, 9.17) is 4.52 Å². The molecule has 3 rings (SSSR count). The summed E-state index contributed by atoms with van der Waals surface area (Å²) in [5, 5.41) is 16.3. The van der Waals surface area contributed by atoms with Gasteiger partial charge in [-0.1, -0.05) is 35.5 Å². The lowest BCUT2D eigenvalue weighted by Gasteiger charge is -2.13. The standard InChI is InChI=1S/C21H23N3O4/c1-13-9-18(15(3)24(13)19-10-14(2)28-23-19)20(25)22-12-17(21(26)27)11-16-7-5-4-6-8-16/h4-10,17H,11-12H2,1-3H3,(H,22,25)(H,26,27). The van der Waals surface area contributed by atoms with Crippen molar-refractivity contribution in [2.75, 3.05) is 6.54 Å². The summed E-state index contributed by atoms with van der Waals surface area (Å²) >= 11 is 0. The minimum Gasteiger partial charge on any atom is -0.481 e. The van der Waals surface area contributed by atoms with Gasteiger partial charge in [0.1, 0.15) is 5.76 Å². The monoisotopic (exact) mass is 381 g/mol. The second-order valence-electron chi connectivity index (χ2n) is 6.85. The molecule has 2 heterocycles. The van der Waals surface area contributed by atoms with Gasteiger partial charge in [0, 0.05) is 24.0 Å². The molecule has 1 unspecified atom stereocenters. The molecular formula is C21H23N3O4.